The maximum atomic E-state index is 6.09. The van der Waals surface area contributed by atoms with E-state index in [1.54, 1.807) is 4.68 Å². The van der Waals surface area contributed by atoms with E-state index >= 15 is 0 Å². The molecule has 0 saturated carbocycles. The van der Waals surface area contributed by atoms with E-state index in [2.05, 4.69) is 41.5 Å². The third-order valence-electron chi connectivity index (χ3n) is 3.73. The van der Waals surface area contributed by atoms with Gasteiger partial charge in [-0.25, -0.2) is 0 Å². The van der Waals surface area contributed by atoms with Crippen LogP contribution in [-0.4, -0.2) is 33.4 Å². The first kappa shape index (κ1) is 10.9. The Morgan fingerprint density at radius 2 is 2.16 bits per heavy atom. The molecule has 2 aliphatic heterocycles. The Balaban J connectivity index is 1.91. The van der Waals surface area contributed by atoms with Crippen molar-refractivity contribution in [2.75, 3.05) is 13.2 Å². The van der Waals surface area contributed by atoms with Gasteiger partial charge in [-0.05, 0) is 34.0 Å². The number of ether oxygens (including phenoxy) is 2. The van der Waals surface area contributed by atoms with Crippen molar-refractivity contribution in [1.82, 2.24) is 20.2 Å². The molecule has 2 aromatic rings. The summed E-state index contributed by atoms with van der Waals surface area (Å²) in [4.78, 5) is 0. The van der Waals surface area contributed by atoms with E-state index in [0.29, 0.717) is 19.1 Å². The molecular formula is C13H14N4O2. The quantitative estimate of drug-likeness (QED) is 0.773. The van der Waals surface area contributed by atoms with Gasteiger partial charge in [0.2, 0.25) is 11.4 Å². The second-order valence-corrected chi connectivity index (χ2v) is 5.39. The molecule has 1 aromatic carbocycles. The minimum absolute atomic E-state index is 0.452. The van der Waals surface area contributed by atoms with Gasteiger partial charge in [-0.15, -0.1) is 5.10 Å². The van der Waals surface area contributed by atoms with Crippen LogP contribution >= 0.6 is 0 Å². The fourth-order valence-corrected chi connectivity index (χ4v) is 2.51. The highest BCUT2D eigenvalue weighted by atomic mass is 16.6. The second-order valence-electron chi connectivity index (χ2n) is 5.39. The lowest BCUT2D eigenvalue weighted by Crippen LogP contribution is -2.54. The van der Waals surface area contributed by atoms with Crippen molar-refractivity contribution in [2.24, 2.45) is 0 Å². The molecule has 0 atom stereocenters. The number of rotatable bonds is 1. The van der Waals surface area contributed by atoms with Gasteiger partial charge in [0.05, 0.1) is 13.2 Å². The molecule has 0 bridgehead atoms. The third kappa shape index (κ3) is 1.37. The highest BCUT2D eigenvalue weighted by molar-refractivity contribution is 5.52. The van der Waals surface area contributed by atoms with Crippen LogP contribution in [0, 0.1) is 0 Å². The van der Waals surface area contributed by atoms with E-state index in [4.69, 9.17) is 9.47 Å². The normalized spacial score (nSPS) is 18.7. The fourth-order valence-electron chi connectivity index (χ4n) is 2.51. The number of nitrogens with zero attached hydrogens (tertiary/aromatic N) is 4. The lowest BCUT2D eigenvalue weighted by atomic mass is 9.97. The molecule has 0 radical (unpaired) electrons. The third-order valence-corrected chi connectivity index (χ3v) is 3.73. The molecule has 98 valence electrons. The molecule has 1 aromatic heterocycles. The summed E-state index contributed by atoms with van der Waals surface area (Å²) in [5.74, 6) is 1.99. The predicted molar refractivity (Wildman–Crippen MR) is 66.4 cm³/mol. The van der Waals surface area contributed by atoms with Crippen LogP contribution in [0.1, 0.15) is 31.2 Å². The van der Waals surface area contributed by atoms with Crippen molar-refractivity contribution in [1.29, 1.82) is 0 Å². The standard InChI is InChI=1S/C13H14N4O2/c1-8(2)9-3-4-11-10(5-9)17-12(14-15-16-17)13(19-11)6-18-7-13/h3-5,8H,6-7H2,1-2H3. The van der Waals surface area contributed by atoms with Crippen molar-refractivity contribution in [2.45, 2.75) is 25.4 Å². The zero-order valence-corrected chi connectivity index (χ0v) is 10.8. The Labute approximate surface area is 110 Å². The van der Waals surface area contributed by atoms with Gasteiger partial charge in [-0.3, -0.25) is 0 Å². The van der Waals surface area contributed by atoms with E-state index in [0.717, 1.165) is 17.3 Å². The zero-order valence-electron chi connectivity index (χ0n) is 10.8. The van der Waals surface area contributed by atoms with Crippen molar-refractivity contribution < 1.29 is 9.47 Å². The average molecular weight is 258 g/mol. The summed E-state index contributed by atoms with van der Waals surface area (Å²) in [5.41, 5.74) is 1.64. The number of benzene rings is 1. The summed E-state index contributed by atoms with van der Waals surface area (Å²) in [5, 5.41) is 12.0. The summed E-state index contributed by atoms with van der Waals surface area (Å²) < 4.78 is 13.1. The van der Waals surface area contributed by atoms with Crippen LogP contribution in [0.5, 0.6) is 5.75 Å². The van der Waals surface area contributed by atoms with E-state index in [1.807, 2.05) is 6.07 Å². The molecule has 6 nitrogen and oxygen atoms in total. The number of hydrogen-bond donors (Lipinski definition) is 0. The average Bonchev–Trinajstić information content (AvgIpc) is 2.84. The SMILES string of the molecule is CC(C)c1ccc2c(c1)-n1nnnc1C1(COC1)O2. The van der Waals surface area contributed by atoms with Gasteiger partial charge in [0.1, 0.15) is 11.4 Å². The van der Waals surface area contributed by atoms with Crippen LogP contribution in [0.4, 0.5) is 0 Å². The van der Waals surface area contributed by atoms with Crippen molar-refractivity contribution in [3.8, 4) is 11.4 Å². The number of aromatic nitrogens is 4. The van der Waals surface area contributed by atoms with Crippen molar-refractivity contribution >= 4 is 0 Å². The van der Waals surface area contributed by atoms with Gasteiger partial charge in [0.25, 0.3) is 0 Å². The molecule has 3 heterocycles. The van der Waals surface area contributed by atoms with Crippen LogP contribution in [-0.2, 0) is 10.3 Å². The monoisotopic (exact) mass is 258 g/mol. The van der Waals surface area contributed by atoms with Crippen molar-refractivity contribution in [3.05, 3.63) is 29.6 Å². The largest absolute Gasteiger partial charge is 0.472 e. The van der Waals surface area contributed by atoms with E-state index in [1.165, 1.54) is 5.56 Å². The first-order valence-electron chi connectivity index (χ1n) is 6.39. The molecule has 6 heteroatoms. The number of fused-ring (bicyclic) bond motifs is 4. The maximum absolute atomic E-state index is 6.09. The lowest BCUT2D eigenvalue weighted by Gasteiger charge is -2.42. The maximum Gasteiger partial charge on any atom is 0.216 e. The summed E-state index contributed by atoms with van der Waals surface area (Å²) in [6.45, 7) is 5.32. The molecule has 1 fully saturated rings. The van der Waals surface area contributed by atoms with Crippen LogP contribution in [0.3, 0.4) is 0 Å². The summed E-state index contributed by atoms with van der Waals surface area (Å²) in [6, 6.07) is 6.17. The molecule has 1 saturated heterocycles. The topological polar surface area (TPSA) is 62.1 Å². The summed E-state index contributed by atoms with van der Waals surface area (Å²) >= 11 is 0. The zero-order chi connectivity index (χ0) is 13.0. The number of tetrazole rings is 1. The fraction of sp³-hybridized carbons (Fsp3) is 0.462. The second kappa shape index (κ2) is 3.54. The van der Waals surface area contributed by atoms with Gasteiger partial charge in [0, 0.05) is 0 Å². The van der Waals surface area contributed by atoms with Gasteiger partial charge in [0.15, 0.2) is 0 Å². The molecule has 0 unspecified atom stereocenters. The molecule has 19 heavy (non-hydrogen) atoms. The Morgan fingerprint density at radius 3 is 2.84 bits per heavy atom. The van der Waals surface area contributed by atoms with Gasteiger partial charge >= 0.3 is 0 Å². The summed E-state index contributed by atoms with van der Waals surface area (Å²) in [6.07, 6.45) is 0. The molecule has 4 rings (SSSR count). The Bertz CT molecular complexity index is 646. The molecule has 0 amide bonds. The molecule has 0 aliphatic carbocycles. The number of hydrogen-bond acceptors (Lipinski definition) is 5. The van der Waals surface area contributed by atoms with E-state index in [-0.39, 0.29) is 0 Å². The summed E-state index contributed by atoms with van der Waals surface area (Å²) in [7, 11) is 0. The molecular weight excluding hydrogens is 244 g/mol. The minimum Gasteiger partial charge on any atom is -0.472 e. The highest BCUT2D eigenvalue weighted by Gasteiger charge is 2.51. The molecule has 1 spiro atoms. The Hall–Kier alpha value is -1.95. The molecule has 0 N–H and O–H groups in total. The van der Waals surface area contributed by atoms with Gasteiger partial charge in [-0.1, -0.05) is 19.9 Å². The van der Waals surface area contributed by atoms with E-state index in [9.17, 15) is 0 Å². The van der Waals surface area contributed by atoms with E-state index < -0.39 is 5.60 Å². The van der Waals surface area contributed by atoms with Gasteiger partial charge < -0.3 is 9.47 Å². The Morgan fingerprint density at radius 1 is 1.32 bits per heavy atom. The highest BCUT2D eigenvalue weighted by Crippen LogP contribution is 2.42. The van der Waals surface area contributed by atoms with Crippen LogP contribution < -0.4 is 4.74 Å². The minimum atomic E-state index is -0.504. The smallest absolute Gasteiger partial charge is 0.216 e. The van der Waals surface area contributed by atoms with Crippen LogP contribution in [0.25, 0.3) is 5.69 Å². The van der Waals surface area contributed by atoms with Crippen molar-refractivity contribution in [3.63, 3.8) is 0 Å². The first-order valence-corrected chi connectivity index (χ1v) is 6.39. The molecule has 2 aliphatic rings. The van der Waals surface area contributed by atoms with Crippen LogP contribution in [0.15, 0.2) is 18.2 Å². The Kier molecular flexibility index (Phi) is 2.04. The first-order chi connectivity index (χ1) is 9.20. The van der Waals surface area contributed by atoms with Gasteiger partial charge in [-0.2, -0.15) is 4.68 Å². The predicted octanol–water partition coefficient (Wildman–Crippen LogP) is 1.40. The van der Waals surface area contributed by atoms with Crippen LogP contribution in [0.2, 0.25) is 0 Å². The lowest BCUT2D eigenvalue weighted by molar-refractivity contribution is -0.176.